The first kappa shape index (κ1) is 6.79. The van der Waals surface area contributed by atoms with Gasteiger partial charge in [-0.2, -0.15) is 0 Å². The number of nitrogens with zero attached hydrogens (tertiary/aromatic N) is 2. The van der Waals surface area contributed by atoms with Gasteiger partial charge in [-0.25, -0.2) is 0 Å². The van der Waals surface area contributed by atoms with Crippen LogP contribution in [0.2, 0.25) is 0 Å². The van der Waals surface area contributed by atoms with Gasteiger partial charge >= 0.3 is 0 Å². The molecule has 0 amide bonds. The van der Waals surface area contributed by atoms with Crippen molar-refractivity contribution in [3.8, 4) is 0 Å². The number of benzene rings is 1. The molecule has 56 valence electrons. The molecule has 1 aromatic carbocycles. The summed E-state index contributed by atoms with van der Waals surface area (Å²) in [4.78, 5) is 0.363. The maximum absolute atomic E-state index is 12.7. The van der Waals surface area contributed by atoms with Gasteiger partial charge in [0, 0.05) is 9.86 Å². The van der Waals surface area contributed by atoms with Crippen molar-refractivity contribution in [2.24, 2.45) is 0 Å². The van der Waals surface area contributed by atoms with Gasteiger partial charge in [0.15, 0.2) is 0 Å². The smallest absolute Gasteiger partial charge is 0.104 e. The molecule has 0 N–H and O–H groups in total. The predicted octanol–water partition coefficient (Wildman–Crippen LogP) is 2.53. The summed E-state index contributed by atoms with van der Waals surface area (Å²) in [7, 11) is 0. The quantitative estimate of drug-likeness (QED) is 0.660. The maximum atomic E-state index is 12.7. The molecule has 0 atom stereocenters. The van der Waals surface area contributed by atoms with Gasteiger partial charge in [0.2, 0.25) is 0 Å². The molecule has 0 bridgehead atoms. The zero-order chi connectivity index (χ0) is 7.84. The van der Waals surface area contributed by atoms with Crippen LogP contribution >= 0.6 is 15.9 Å². The number of hydrogen-bond acceptors (Lipinski definition) is 1. The van der Waals surface area contributed by atoms with Crippen LogP contribution in [0.4, 0.5) is 4.48 Å². The van der Waals surface area contributed by atoms with Crippen molar-refractivity contribution >= 4 is 26.8 Å². The summed E-state index contributed by atoms with van der Waals surface area (Å²) in [5.41, 5.74) is 0.494. The molecule has 0 aliphatic rings. The zero-order valence-corrected chi connectivity index (χ0v) is 7.05. The fourth-order valence-electron chi connectivity index (χ4n) is 0.972. The van der Waals surface area contributed by atoms with Crippen LogP contribution in [0.25, 0.3) is 10.9 Å². The highest BCUT2D eigenvalue weighted by atomic mass is 79.9. The molecule has 2 aromatic rings. The summed E-state index contributed by atoms with van der Waals surface area (Å²) in [6.07, 6.45) is 1.49. The molecule has 0 spiro atoms. The molecule has 1 heterocycles. The van der Waals surface area contributed by atoms with Crippen LogP contribution in [0.3, 0.4) is 0 Å². The van der Waals surface area contributed by atoms with Gasteiger partial charge in [-0.15, -0.1) is 5.10 Å². The number of rotatable bonds is 0. The van der Waals surface area contributed by atoms with Crippen molar-refractivity contribution < 1.29 is 4.48 Å². The minimum atomic E-state index is 0.363. The van der Waals surface area contributed by atoms with Crippen molar-refractivity contribution in [2.75, 3.05) is 0 Å². The van der Waals surface area contributed by atoms with Crippen LogP contribution in [0.5, 0.6) is 0 Å². The molecular formula is C7H4BrFN2. The number of fused-ring (bicyclic) bond motifs is 1. The van der Waals surface area contributed by atoms with E-state index in [0.717, 1.165) is 9.86 Å². The monoisotopic (exact) mass is 214 g/mol. The maximum Gasteiger partial charge on any atom is 0.104 e. The van der Waals surface area contributed by atoms with Gasteiger partial charge < -0.3 is 0 Å². The van der Waals surface area contributed by atoms with E-state index in [1.54, 1.807) is 12.1 Å². The Labute approximate surface area is 70.7 Å². The summed E-state index contributed by atoms with van der Waals surface area (Å²) in [5.74, 6) is 0. The first-order valence-electron chi connectivity index (χ1n) is 3.07. The highest BCUT2D eigenvalue weighted by Gasteiger charge is 2.00. The fraction of sp³-hybridized carbons (Fsp3) is 0. The molecule has 0 radical (unpaired) electrons. The van der Waals surface area contributed by atoms with Crippen LogP contribution < -0.4 is 0 Å². The first-order chi connectivity index (χ1) is 5.27. The highest BCUT2D eigenvalue weighted by molar-refractivity contribution is 9.10. The van der Waals surface area contributed by atoms with Crippen LogP contribution in [0, 0.1) is 0 Å². The molecule has 0 saturated carbocycles. The standard InChI is InChI=1S/C7H4BrFN2/c8-6-1-2-7-5(3-6)4-10-11(7)9/h1-4H. The highest BCUT2D eigenvalue weighted by Crippen LogP contribution is 2.18. The van der Waals surface area contributed by atoms with Crippen LogP contribution in [-0.4, -0.2) is 10.0 Å². The Kier molecular flexibility index (Phi) is 1.42. The Balaban J connectivity index is 2.86. The van der Waals surface area contributed by atoms with Crippen molar-refractivity contribution in [1.29, 1.82) is 0 Å². The summed E-state index contributed by atoms with van der Waals surface area (Å²) in [5, 5.41) is 4.26. The molecule has 0 aliphatic heterocycles. The Hall–Kier alpha value is -0.900. The summed E-state index contributed by atoms with van der Waals surface area (Å²) < 4.78 is 13.6. The SMILES string of the molecule is Fn1ncc2cc(Br)ccc21. The topological polar surface area (TPSA) is 17.8 Å². The Morgan fingerprint density at radius 3 is 3.09 bits per heavy atom. The lowest BCUT2D eigenvalue weighted by Gasteiger charge is -1.89. The van der Waals surface area contributed by atoms with E-state index in [2.05, 4.69) is 21.0 Å². The molecule has 1 aromatic heterocycles. The molecule has 11 heavy (non-hydrogen) atoms. The van der Waals surface area contributed by atoms with E-state index in [1.807, 2.05) is 6.07 Å². The third-order valence-electron chi connectivity index (χ3n) is 1.49. The lowest BCUT2D eigenvalue weighted by atomic mass is 10.3. The molecule has 2 nitrogen and oxygen atoms in total. The molecule has 0 unspecified atom stereocenters. The molecule has 4 heteroatoms. The van der Waals surface area contributed by atoms with Crippen molar-refractivity contribution in [1.82, 2.24) is 10.0 Å². The first-order valence-corrected chi connectivity index (χ1v) is 3.86. The molecule has 0 fully saturated rings. The Morgan fingerprint density at radius 2 is 2.27 bits per heavy atom. The average Bonchev–Trinajstić information content (AvgIpc) is 2.32. The van der Waals surface area contributed by atoms with Crippen LogP contribution in [0.15, 0.2) is 28.9 Å². The van der Waals surface area contributed by atoms with E-state index in [4.69, 9.17) is 0 Å². The van der Waals surface area contributed by atoms with Crippen molar-refractivity contribution in [3.05, 3.63) is 28.9 Å². The normalized spacial score (nSPS) is 10.7. The van der Waals surface area contributed by atoms with E-state index in [9.17, 15) is 4.48 Å². The zero-order valence-electron chi connectivity index (χ0n) is 5.46. The second kappa shape index (κ2) is 2.30. The van der Waals surface area contributed by atoms with Crippen molar-refractivity contribution in [3.63, 3.8) is 0 Å². The van der Waals surface area contributed by atoms with Gasteiger partial charge in [0.05, 0.1) is 6.20 Å². The molecule has 0 saturated heterocycles. The van der Waals surface area contributed by atoms with Crippen LogP contribution in [0.1, 0.15) is 0 Å². The number of hydrogen-bond donors (Lipinski definition) is 0. The summed E-state index contributed by atoms with van der Waals surface area (Å²) in [6.45, 7) is 0. The van der Waals surface area contributed by atoms with Gasteiger partial charge in [-0.3, -0.25) is 0 Å². The predicted molar refractivity (Wildman–Crippen MR) is 43.9 cm³/mol. The minimum absolute atomic E-state index is 0.363. The van der Waals surface area contributed by atoms with E-state index >= 15 is 0 Å². The average molecular weight is 215 g/mol. The van der Waals surface area contributed by atoms with Gasteiger partial charge in [0.25, 0.3) is 0 Å². The molecule has 0 aliphatic carbocycles. The van der Waals surface area contributed by atoms with E-state index in [1.165, 1.54) is 6.20 Å². The van der Waals surface area contributed by atoms with E-state index in [0.29, 0.717) is 10.4 Å². The lowest BCUT2D eigenvalue weighted by Crippen LogP contribution is -1.81. The minimum Gasteiger partial charge on any atom is -0.150 e. The third-order valence-corrected chi connectivity index (χ3v) is 1.98. The van der Waals surface area contributed by atoms with E-state index in [-0.39, 0.29) is 0 Å². The number of halogens is 2. The van der Waals surface area contributed by atoms with Gasteiger partial charge in [0.1, 0.15) is 5.52 Å². The fourth-order valence-corrected chi connectivity index (χ4v) is 1.35. The van der Waals surface area contributed by atoms with Crippen LogP contribution in [-0.2, 0) is 0 Å². The molecule has 2 rings (SSSR count). The van der Waals surface area contributed by atoms with Crippen molar-refractivity contribution in [2.45, 2.75) is 0 Å². The van der Waals surface area contributed by atoms with Gasteiger partial charge in [-0.05, 0) is 18.2 Å². The second-order valence-electron chi connectivity index (χ2n) is 2.21. The Morgan fingerprint density at radius 1 is 1.45 bits per heavy atom. The summed E-state index contributed by atoms with van der Waals surface area (Å²) in [6, 6.07) is 5.27. The van der Waals surface area contributed by atoms with Gasteiger partial charge in [-0.1, -0.05) is 25.3 Å². The lowest BCUT2D eigenvalue weighted by molar-refractivity contribution is 0.332. The molecular weight excluding hydrogens is 211 g/mol. The van der Waals surface area contributed by atoms with E-state index < -0.39 is 0 Å². The number of aromatic nitrogens is 2. The summed E-state index contributed by atoms with van der Waals surface area (Å²) >= 11 is 3.28. The Bertz CT molecular complexity index is 396. The second-order valence-corrected chi connectivity index (χ2v) is 3.12. The third kappa shape index (κ3) is 1.03. The largest absolute Gasteiger partial charge is 0.150 e.